The average Bonchev–Trinajstić information content (AvgIpc) is 3.72. The van der Waals surface area contributed by atoms with Crippen molar-refractivity contribution in [3.8, 4) is 34.4 Å². The van der Waals surface area contributed by atoms with Crippen molar-refractivity contribution >= 4 is 27.3 Å². The van der Waals surface area contributed by atoms with E-state index in [9.17, 15) is 21.6 Å². The van der Waals surface area contributed by atoms with Crippen molar-refractivity contribution in [1.82, 2.24) is 24.7 Å². The predicted molar refractivity (Wildman–Crippen MR) is 165 cm³/mol. The van der Waals surface area contributed by atoms with Gasteiger partial charge in [0.2, 0.25) is 10.0 Å². The smallest absolute Gasteiger partial charge is 0.475 e. The van der Waals surface area contributed by atoms with Crippen molar-refractivity contribution in [3.05, 3.63) is 81.5 Å². The van der Waals surface area contributed by atoms with E-state index in [0.717, 1.165) is 61.0 Å². The lowest BCUT2D eigenvalue weighted by Gasteiger charge is -2.32. The number of halogens is 3. The number of benzene rings is 2. The number of hydrogen-bond acceptors (Lipinski definition) is 7. The second-order valence-corrected chi connectivity index (χ2v) is 13.3. The fourth-order valence-corrected chi connectivity index (χ4v) is 6.76. The SMILES string of the molecule is CN1CCN(Cc2ccc3c(c2)Cc2c(-c4csc(C#CCNS(=O)(=O)c5ccccc5)c4)n[nH]c2-3)CC1.O=C(O)C(F)(F)F. The van der Waals surface area contributed by atoms with Crippen LogP contribution in [0.1, 0.15) is 21.6 Å². The number of carboxylic acid groups (broad SMARTS) is 1. The number of carboxylic acids is 1. The third-order valence-corrected chi connectivity index (χ3v) is 9.67. The van der Waals surface area contributed by atoms with Crippen LogP contribution in [0.5, 0.6) is 0 Å². The first-order valence-electron chi connectivity index (χ1n) is 13.9. The highest BCUT2D eigenvalue weighted by Crippen LogP contribution is 2.41. The molecular formula is C31H30F3N5O4S2. The molecule has 2 aromatic heterocycles. The molecule has 2 aromatic carbocycles. The Labute approximate surface area is 262 Å². The fraction of sp³-hybridized carbons (Fsp3) is 0.290. The number of aromatic amines is 1. The van der Waals surface area contributed by atoms with Crippen molar-refractivity contribution in [1.29, 1.82) is 0 Å². The van der Waals surface area contributed by atoms with Gasteiger partial charge in [-0.25, -0.2) is 13.2 Å². The van der Waals surface area contributed by atoms with Crippen LogP contribution in [0, 0.1) is 11.8 Å². The summed E-state index contributed by atoms with van der Waals surface area (Å²) in [7, 11) is -1.37. The van der Waals surface area contributed by atoms with Crippen molar-refractivity contribution < 1.29 is 31.5 Å². The van der Waals surface area contributed by atoms with Crippen molar-refractivity contribution in [2.75, 3.05) is 39.8 Å². The molecule has 1 aliphatic heterocycles. The highest BCUT2D eigenvalue weighted by Gasteiger charge is 2.38. The normalized spacial score (nSPS) is 14.9. The lowest BCUT2D eigenvalue weighted by Crippen LogP contribution is -2.43. The van der Waals surface area contributed by atoms with E-state index in [-0.39, 0.29) is 11.4 Å². The van der Waals surface area contributed by atoms with Gasteiger partial charge < -0.3 is 10.0 Å². The van der Waals surface area contributed by atoms with Gasteiger partial charge in [0.15, 0.2) is 0 Å². The molecule has 0 spiro atoms. The maximum absolute atomic E-state index is 12.3. The number of aromatic nitrogens is 2. The van der Waals surface area contributed by atoms with Crippen LogP contribution in [0.2, 0.25) is 0 Å². The third-order valence-electron chi connectivity index (χ3n) is 7.41. The van der Waals surface area contributed by atoms with E-state index in [4.69, 9.17) is 9.90 Å². The fourth-order valence-electron chi connectivity index (χ4n) is 5.06. The molecule has 1 saturated heterocycles. The largest absolute Gasteiger partial charge is 0.490 e. The van der Waals surface area contributed by atoms with Gasteiger partial charge in [-0.3, -0.25) is 10.00 Å². The van der Waals surface area contributed by atoms with Crippen LogP contribution < -0.4 is 4.72 Å². The molecular weight excluding hydrogens is 628 g/mol. The number of H-pyrrole nitrogens is 1. The maximum atomic E-state index is 12.3. The van der Waals surface area contributed by atoms with Gasteiger partial charge in [0, 0.05) is 61.2 Å². The van der Waals surface area contributed by atoms with E-state index in [0.29, 0.717) is 0 Å². The molecule has 236 valence electrons. The van der Waals surface area contributed by atoms with Crippen LogP contribution >= 0.6 is 11.3 Å². The number of thiophene rings is 1. The Morgan fingerprint density at radius 1 is 1.11 bits per heavy atom. The average molecular weight is 658 g/mol. The third kappa shape index (κ3) is 7.99. The number of piperazine rings is 1. The minimum Gasteiger partial charge on any atom is -0.475 e. The van der Waals surface area contributed by atoms with Crippen LogP contribution in [-0.4, -0.2) is 85.4 Å². The van der Waals surface area contributed by atoms with Crippen LogP contribution in [0.4, 0.5) is 13.2 Å². The number of hydrogen-bond donors (Lipinski definition) is 3. The number of carbonyl (C=O) groups is 1. The van der Waals surface area contributed by atoms with Crippen LogP contribution in [0.3, 0.4) is 0 Å². The van der Waals surface area contributed by atoms with Crippen LogP contribution in [0.15, 0.2) is 64.9 Å². The summed E-state index contributed by atoms with van der Waals surface area (Å²) < 4.78 is 59.0. The number of nitrogens with zero attached hydrogens (tertiary/aromatic N) is 3. The van der Waals surface area contributed by atoms with E-state index < -0.39 is 22.2 Å². The van der Waals surface area contributed by atoms with Crippen molar-refractivity contribution in [2.24, 2.45) is 0 Å². The summed E-state index contributed by atoms with van der Waals surface area (Å²) in [5.74, 6) is 3.25. The minimum atomic E-state index is -5.08. The van der Waals surface area contributed by atoms with Gasteiger partial charge in [0.05, 0.1) is 27.7 Å². The molecule has 0 saturated carbocycles. The molecule has 0 unspecified atom stereocenters. The number of aliphatic carboxylic acids is 1. The lowest BCUT2D eigenvalue weighted by molar-refractivity contribution is -0.192. The molecule has 0 radical (unpaired) electrons. The van der Waals surface area contributed by atoms with Crippen LogP contribution in [-0.2, 0) is 27.8 Å². The Kier molecular flexibility index (Phi) is 9.76. The molecule has 6 rings (SSSR count). The molecule has 1 aliphatic carbocycles. The number of alkyl halides is 3. The van der Waals surface area contributed by atoms with E-state index in [1.807, 2.05) is 6.07 Å². The first-order valence-corrected chi connectivity index (χ1v) is 16.3. The van der Waals surface area contributed by atoms with Gasteiger partial charge in [0.1, 0.15) is 0 Å². The number of nitrogens with one attached hydrogen (secondary N) is 2. The molecule has 45 heavy (non-hydrogen) atoms. The van der Waals surface area contributed by atoms with Gasteiger partial charge >= 0.3 is 12.1 Å². The zero-order valence-corrected chi connectivity index (χ0v) is 25.8. The zero-order valence-electron chi connectivity index (χ0n) is 24.2. The zero-order chi connectivity index (χ0) is 32.2. The minimum absolute atomic E-state index is 0.0496. The summed E-state index contributed by atoms with van der Waals surface area (Å²) in [5.41, 5.74) is 8.28. The molecule has 2 aliphatic rings. The lowest BCUT2D eigenvalue weighted by atomic mass is 10.0. The summed E-state index contributed by atoms with van der Waals surface area (Å²) in [5, 5.41) is 17.1. The van der Waals surface area contributed by atoms with E-state index >= 15 is 0 Å². The quantitative estimate of drug-likeness (QED) is 0.232. The van der Waals surface area contributed by atoms with Crippen molar-refractivity contribution in [3.63, 3.8) is 0 Å². The van der Waals surface area contributed by atoms with Crippen molar-refractivity contribution in [2.45, 2.75) is 24.0 Å². The molecule has 0 atom stereocenters. The standard InChI is InChI=1S/C29H29N5O2S2.C2HF3O2/c1-33-12-14-34(15-13-33)19-21-9-10-26-22(16-21)18-27-28(31-32-29(26)27)23-17-24(37-20-23)6-5-11-30-38(35,36)25-7-3-2-4-8-25;3-2(4,5)1(6)7/h2-4,7-10,16-17,20,30H,11-15,18-19H2,1H3,(H,31,32);(H,6,7). The Morgan fingerprint density at radius 3 is 2.51 bits per heavy atom. The van der Waals surface area contributed by atoms with Gasteiger partial charge in [-0.05, 0) is 36.4 Å². The second kappa shape index (κ2) is 13.6. The molecule has 0 bridgehead atoms. The summed E-state index contributed by atoms with van der Waals surface area (Å²) in [6.07, 6.45) is -4.22. The molecule has 4 aromatic rings. The monoisotopic (exact) mass is 657 g/mol. The summed E-state index contributed by atoms with van der Waals surface area (Å²) in [6, 6.07) is 17.2. The number of likely N-dealkylation sites (N-methyl/N-ethyl adjacent to an activating group) is 1. The highest BCUT2D eigenvalue weighted by atomic mass is 32.2. The molecule has 3 heterocycles. The predicted octanol–water partition coefficient (Wildman–Crippen LogP) is 4.42. The van der Waals surface area contributed by atoms with E-state index in [1.54, 1.807) is 30.3 Å². The second-order valence-electron chi connectivity index (χ2n) is 10.6. The Bertz CT molecular complexity index is 1840. The Morgan fingerprint density at radius 2 is 1.82 bits per heavy atom. The summed E-state index contributed by atoms with van der Waals surface area (Å²) in [4.78, 5) is 14.9. The summed E-state index contributed by atoms with van der Waals surface area (Å²) in [6.45, 7) is 5.52. The molecule has 3 N–H and O–H groups in total. The first-order chi connectivity index (χ1) is 21.4. The van der Waals surface area contributed by atoms with Gasteiger partial charge in [0.25, 0.3) is 0 Å². The Hall–Kier alpha value is -4.00. The number of rotatable bonds is 6. The topological polar surface area (TPSA) is 119 Å². The molecule has 14 heteroatoms. The van der Waals surface area contributed by atoms with Crippen LogP contribution in [0.25, 0.3) is 22.5 Å². The van der Waals surface area contributed by atoms with Gasteiger partial charge in [-0.2, -0.15) is 23.0 Å². The molecule has 1 fully saturated rings. The molecule has 0 amide bonds. The first kappa shape index (κ1) is 32.4. The highest BCUT2D eigenvalue weighted by molar-refractivity contribution is 7.89. The van der Waals surface area contributed by atoms with E-state index in [1.165, 1.54) is 33.6 Å². The number of fused-ring (bicyclic) bond motifs is 3. The van der Waals surface area contributed by atoms with Gasteiger partial charge in [-0.15, -0.1) is 11.3 Å². The number of sulfonamides is 1. The Balaban J connectivity index is 0.000000515. The van der Waals surface area contributed by atoms with E-state index in [2.05, 4.69) is 67.2 Å². The summed E-state index contributed by atoms with van der Waals surface area (Å²) >= 11 is 1.54. The molecule has 9 nitrogen and oxygen atoms in total. The maximum Gasteiger partial charge on any atom is 0.490 e. The van der Waals surface area contributed by atoms with Gasteiger partial charge in [-0.1, -0.05) is 48.2 Å².